The topological polar surface area (TPSA) is 0 Å². The van der Waals surface area contributed by atoms with E-state index in [9.17, 15) is 0 Å². The standard InChI is InChI=1S/Cr.Fe.K.Mn.Ti.V.H. The average molecular weight is 302 g/mol. The number of hydrogen-bond acceptors (Lipinski definition) is 0. The van der Waals surface area contributed by atoms with E-state index in [-0.39, 0.29) is 109 Å². The second-order valence-electron chi connectivity index (χ2n) is 0. The van der Waals surface area contributed by atoms with Crippen LogP contribution in [0.1, 0.15) is 0 Å². The Hall–Kier alpha value is 4.51. The molecule has 0 nitrogen and oxygen atoms in total. The van der Waals surface area contributed by atoms with Crippen LogP contribution in [0.3, 0.4) is 0 Å². The first kappa shape index (κ1) is 31.3. The quantitative estimate of drug-likeness (QED) is 0.521. The van der Waals surface area contributed by atoms with E-state index in [4.69, 9.17) is 0 Å². The predicted octanol–water partition coefficient (Wildman–Crippen LogP) is -0.661. The Bertz CT molecular complexity index is 15.5. The summed E-state index contributed by atoms with van der Waals surface area (Å²) in [5, 5.41) is 0. The van der Waals surface area contributed by atoms with Crippen LogP contribution in [0.4, 0.5) is 0 Å². The second kappa shape index (κ2) is 33.9. The van der Waals surface area contributed by atoms with Gasteiger partial charge in [0.15, 0.2) is 0 Å². The maximum Gasteiger partial charge on any atom is 0 e. The summed E-state index contributed by atoms with van der Waals surface area (Å²) in [7, 11) is 0. The normalized spacial score (nSPS) is 1.00. The first-order valence-corrected chi connectivity index (χ1v) is 2.27. The fraction of sp³-hybridized carbons (Fsp3) is 0. The summed E-state index contributed by atoms with van der Waals surface area (Å²) >= 11 is 5.75. The summed E-state index contributed by atoms with van der Waals surface area (Å²) in [6.07, 6.45) is 0. The van der Waals surface area contributed by atoms with Gasteiger partial charge in [0.05, 0.1) is 0 Å². The van der Waals surface area contributed by atoms with E-state index in [2.05, 4.69) is 28.4 Å². The van der Waals surface area contributed by atoms with Crippen LogP contribution in [0.2, 0.25) is 0 Å². The average Bonchev–Trinajstić information content (AvgIpc) is 1.00. The van der Waals surface area contributed by atoms with E-state index >= 15 is 0 Å². The van der Waals surface area contributed by atoms with Crippen molar-refractivity contribution in [2.24, 2.45) is 0 Å². The Labute approximate surface area is 134 Å². The van der Waals surface area contributed by atoms with E-state index in [0.717, 1.165) is 0 Å². The Morgan fingerprint density at radius 1 is 1.17 bits per heavy atom. The Balaban J connectivity index is -0.000000000833. The summed E-state index contributed by atoms with van der Waals surface area (Å²) in [5.74, 6) is 0. The third kappa shape index (κ3) is 23.6. The molecule has 0 saturated heterocycles. The van der Waals surface area contributed by atoms with Crippen LogP contribution in [-0.2, 0) is 86.0 Å². The summed E-state index contributed by atoms with van der Waals surface area (Å²) in [6, 6.07) is 0. The van der Waals surface area contributed by atoms with Gasteiger partial charge in [-0.25, -0.2) is 0 Å². The Kier molecular flexibility index (Phi) is 177. The molecule has 0 rings (SSSR count). The first-order chi connectivity index (χ1) is 1.00. The van der Waals surface area contributed by atoms with Gasteiger partial charge in [-0.15, -0.1) is 0 Å². The van der Waals surface area contributed by atoms with Gasteiger partial charge in [-0.2, -0.15) is 0 Å². The zero-order valence-corrected chi connectivity index (χ0v) is 8.60. The van der Waals surface area contributed by atoms with Crippen molar-refractivity contribution >= 4 is 51.4 Å². The van der Waals surface area contributed by atoms with Crippen molar-refractivity contribution in [3.63, 3.8) is 0 Å². The molecule has 0 aromatic heterocycles. The van der Waals surface area contributed by atoms with Gasteiger partial charge >= 0.3 is 79.8 Å². The van der Waals surface area contributed by atoms with E-state index in [1.165, 1.54) is 0 Å². The Morgan fingerprint density at radius 3 is 1.17 bits per heavy atom. The molecule has 0 amide bonds. The minimum Gasteiger partial charge on any atom is 0 e. The molecule has 0 unspecified atom stereocenters. The number of rotatable bonds is 0. The molecular weight excluding hydrogens is 301 g/mol. The molecule has 1 radical (unpaired) electrons. The maximum absolute atomic E-state index is 3.06. The summed E-state index contributed by atoms with van der Waals surface area (Å²) in [4.78, 5) is 0. The predicted molar refractivity (Wildman–Crippen MR) is 7.15 cm³/mol. The van der Waals surface area contributed by atoms with Crippen LogP contribution in [-0.4, -0.2) is 51.4 Å². The molecule has 0 spiro atoms. The monoisotopic (exact) mass is 302 g/mol. The minimum atomic E-state index is 0. The molecule has 0 aliphatic heterocycles. The first-order valence-electron chi connectivity index (χ1n) is 0.134. The van der Waals surface area contributed by atoms with Gasteiger partial charge in [-0.05, 0) is 0 Å². The molecule has 0 aliphatic carbocycles. The molecule has 0 fully saturated rings. The fourth-order valence-corrected chi connectivity index (χ4v) is 0. The third-order valence-corrected chi connectivity index (χ3v) is 0. The van der Waals surface area contributed by atoms with Crippen LogP contribution in [0.5, 0.6) is 0 Å². The van der Waals surface area contributed by atoms with Crippen molar-refractivity contribution in [3.8, 4) is 0 Å². The van der Waals surface area contributed by atoms with E-state index in [0.29, 0.717) is 0 Å². The third-order valence-electron chi connectivity index (χ3n) is 0. The molecule has 0 aromatic rings. The molecule has 0 saturated carbocycles. The maximum atomic E-state index is 3.06. The van der Waals surface area contributed by atoms with Crippen molar-refractivity contribution < 1.29 is 86.0 Å². The van der Waals surface area contributed by atoms with Crippen LogP contribution < -0.4 is 0 Å². The van der Waals surface area contributed by atoms with Gasteiger partial charge in [0.25, 0.3) is 0 Å². The van der Waals surface area contributed by atoms with Crippen molar-refractivity contribution in [1.29, 1.82) is 0 Å². The molecule has 0 heterocycles. The number of hydrogen-bond donors (Lipinski definition) is 0. The van der Waals surface area contributed by atoms with E-state index in [1.54, 1.807) is 0 Å². The molecule has 6 heteroatoms. The molecule has 32 valence electrons. The van der Waals surface area contributed by atoms with Crippen LogP contribution in [0.25, 0.3) is 0 Å². The van der Waals surface area contributed by atoms with Gasteiger partial charge in [0, 0.05) is 57.6 Å². The van der Waals surface area contributed by atoms with Crippen LogP contribution in [0.15, 0.2) is 0 Å². The molecule has 0 N–H and O–H groups in total. The van der Waals surface area contributed by atoms with Crippen molar-refractivity contribution in [1.82, 2.24) is 0 Å². The molecule has 0 bridgehead atoms. The van der Waals surface area contributed by atoms with Gasteiger partial charge < -0.3 is 0 Å². The van der Waals surface area contributed by atoms with Crippen LogP contribution in [0, 0.1) is 0 Å². The van der Waals surface area contributed by atoms with Gasteiger partial charge in [-0.1, -0.05) is 0 Å². The van der Waals surface area contributed by atoms with Gasteiger partial charge in [0.2, 0.25) is 0 Å². The van der Waals surface area contributed by atoms with E-state index in [1.807, 2.05) is 0 Å². The van der Waals surface area contributed by atoms with Crippen molar-refractivity contribution in [2.75, 3.05) is 0 Å². The Morgan fingerprint density at radius 2 is 1.17 bits per heavy atom. The molecular formula is HCrFeKMnTiV. The summed E-state index contributed by atoms with van der Waals surface area (Å²) in [5.41, 5.74) is 0. The van der Waals surface area contributed by atoms with Gasteiger partial charge in [-0.3, -0.25) is 0 Å². The summed E-state index contributed by atoms with van der Waals surface area (Å²) in [6.45, 7) is 0. The fourth-order valence-electron chi connectivity index (χ4n) is 0. The molecule has 6 heavy (non-hydrogen) atoms. The smallest absolute Gasteiger partial charge is 0 e. The second-order valence-corrected chi connectivity index (χ2v) is 0. The minimum absolute atomic E-state index is 0. The molecule has 0 aliphatic rings. The van der Waals surface area contributed by atoms with Crippen molar-refractivity contribution in [3.05, 3.63) is 0 Å². The van der Waals surface area contributed by atoms with E-state index < -0.39 is 0 Å². The zero-order valence-electron chi connectivity index (χ0n) is 2.09. The zero-order chi connectivity index (χ0) is 2.00. The van der Waals surface area contributed by atoms with Crippen molar-refractivity contribution in [2.45, 2.75) is 0 Å². The van der Waals surface area contributed by atoms with Gasteiger partial charge in [0.1, 0.15) is 0 Å². The molecule has 0 aromatic carbocycles. The summed E-state index contributed by atoms with van der Waals surface area (Å²) < 4.78 is 0. The molecule has 0 atom stereocenters. The SMILES string of the molecule is [Cr].[KH].[Mn][Fe].[Ti].[V]. The van der Waals surface area contributed by atoms with Crippen LogP contribution >= 0.6 is 0 Å². The largest absolute Gasteiger partial charge is 0 e.